The third-order valence-electron chi connectivity index (χ3n) is 1.35. The van der Waals surface area contributed by atoms with E-state index in [1.54, 1.807) is 12.1 Å². The van der Waals surface area contributed by atoms with E-state index in [0.717, 1.165) is 5.69 Å². The number of rotatable bonds is 1. The summed E-state index contributed by atoms with van der Waals surface area (Å²) in [5.41, 5.74) is 6.74. The molecule has 0 aliphatic carbocycles. The van der Waals surface area contributed by atoms with E-state index >= 15 is 0 Å². The Morgan fingerprint density at radius 1 is 1.64 bits per heavy atom. The molecule has 1 unspecified atom stereocenters. The zero-order valence-corrected chi connectivity index (χ0v) is 6.28. The van der Waals surface area contributed by atoms with Gasteiger partial charge in [-0.1, -0.05) is 6.07 Å². The lowest BCUT2D eigenvalue weighted by atomic mass is 10.2. The van der Waals surface area contributed by atoms with Crippen molar-refractivity contribution in [3.63, 3.8) is 0 Å². The molecule has 2 N–H and O–H groups in total. The van der Waals surface area contributed by atoms with E-state index in [4.69, 9.17) is 11.0 Å². The Morgan fingerprint density at radius 2 is 2.36 bits per heavy atom. The van der Waals surface area contributed by atoms with Gasteiger partial charge in [-0.25, -0.2) is 4.98 Å². The number of nitrogens with two attached hydrogens (primary N) is 1. The van der Waals surface area contributed by atoms with Crippen LogP contribution in [0.3, 0.4) is 0 Å². The molecule has 1 rings (SSSR count). The Bertz CT molecular complexity index is 286. The van der Waals surface area contributed by atoms with E-state index in [2.05, 4.69) is 4.98 Å². The largest absolute Gasteiger partial charge is 0.323 e. The van der Waals surface area contributed by atoms with Gasteiger partial charge in [-0.3, -0.25) is 0 Å². The summed E-state index contributed by atoms with van der Waals surface area (Å²) < 4.78 is 0. The molecule has 11 heavy (non-hydrogen) atoms. The van der Waals surface area contributed by atoms with Crippen molar-refractivity contribution in [2.45, 2.75) is 13.0 Å². The zero-order valence-electron chi connectivity index (χ0n) is 6.28. The first-order valence-electron chi connectivity index (χ1n) is 3.36. The Morgan fingerprint density at radius 3 is 2.91 bits per heavy atom. The van der Waals surface area contributed by atoms with Crippen LogP contribution in [0.5, 0.6) is 0 Å². The van der Waals surface area contributed by atoms with Gasteiger partial charge in [-0.15, -0.1) is 0 Å². The van der Waals surface area contributed by atoms with Crippen LogP contribution in [-0.4, -0.2) is 4.98 Å². The molecule has 1 heterocycles. The summed E-state index contributed by atoms with van der Waals surface area (Å²) in [4.78, 5) is 4.00. The van der Waals surface area contributed by atoms with Gasteiger partial charge in [0, 0.05) is 6.04 Å². The second-order valence-corrected chi connectivity index (χ2v) is 2.35. The minimum Gasteiger partial charge on any atom is -0.323 e. The summed E-state index contributed by atoms with van der Waals surface area (Å²) in [6.07, 6.45) is 0. The Hall–Kier alpha value is -1.40. The minimum absolute atomic E-state index is 0.108. The highest BCUT2D eigenvalue weighted by atomic mass is 14.8. The summed E-state index contributed by atoms with van der Waals surface area (Å²) >= 11 is 0. The summed E-state index contributed by atoms with van der Waals surface area (Å²) in [5, 5.41) is 8.49. The molecule has 0 aliphatic heterocycles. The van der Waals surface area contributed by atoms with Gasteiger partial charge in [0.15, 0.2) is 0 Å². The number of pyridine rings is 1. The summed E-state index contributed by atoms with van der Waals surface area (Å²) in [6, 6.07) is 7.10. The number of nitriles is 1. The van der Waals surface area contributed by atoms with Crippen LogP contribution in [0, 0.1) is 11.3 Å². The molecule has 0 saturated heterocycles. The van der Waals surface area contributed by atoms with Crippen LogP contribution in [-0.2, 0) is 0 Å². The molecule has 1 atom stereocenters. The lowest BCUT2D eigenvalue weighted by Crippen LogP contribution is -2.07. The van der Waals surface area contributed by atoms with Gasteiger partial charge in [-0.2, -0.15) is 5.26 Å². The molecule has 0 aromatic carbocycles. The predicted octanol–water partition coefficient (Wildman–Crippen LogP) is 0.973. The maximum Gasteiger partial charge on any atom is 0.140 e. The highest BCUT2D eigenvalue weighted by molar-refractivity contribution is 5.23. The van der Waals surface area contributed by atoms with Crippen LogP contribution in [0.25, 0.3) is 0 Å². The van der Waals surface area contributed by atoms with Crippen LogP contribution >= 0.6 is 0 Å². The molecular weight excluding hydrogens is 138 g/mol. The number of aromatic nitrogens is 1. The van der Waals surface area contributed by atoms with E-state index in [9.17, 15) is 0 Å². The van der Waals surface area contributed by atoms with Crippen LogP contribution in [0.1, 0.15) is 24.4 Å². The maximum absolute atomic E-state index is 8.49. The smallest absolute Gasteiger partial charge is 0.140 e. The second kappa shape index (κ2) is 3.13. The lowest BCUT2D eigenvalue weighted by molar-refractivity contribution is 0.779. The van der Waals surface area contributed by atoms with Crippen molar-refractivity contribution in [1.29, 1.82) is 5.26 Å². The molecule has 1 aromatic heterocycles. The molecular formula is C8H9N3. The molecule has 0 saturated carbocycles. The lowest BCUT2D eigenvalue weighted by Gasteiger charge is -2.02. The molecule has 3 nitrogen and oxygen atoms in total. The van der Waals surface area contributed by atoms with Crippen molar-refractivity contribution < 1.29 is 0 Å². The first kappa shape index (κ1) is 7.70. The fraction of sp³-hybridized carbons (Fsp3) is 0.250. The zero-order chi connectivity index (χ0) is 8.27. The Labute approximate surface area is 65.5 Å². The molecule has 56 valence electrons. The fourth-order valence-corrected chi connectivity index (χ4v) is 0.767. The van der Waals surface area contributed by atoms with E-state index in [-0.39, 0.29) is 6.04 Å². The summed E-state index contributed by atoms with van der Waals surface area (Å²) in [5.74, 6) is 0. The topological polar surface area (TPSA) is 62.7 Å². The van der Waals surface area contributed by atoms with Crippen molar-refractivity contribution in [3.05, 3.63) is 29.6 Å². The molecule has 0 spiro atoms. The Balaban J connectivity index is 3.03. The van der Waals surface area contributed by atoms with Gasteiger partial charge in [-0.05, 0) is 19.1 Å². The van der Waals surface area contributed by atoms with Gasteiger partial charge in [0.05, 0.1) is 5.69 Å². The minimum atomic E-state index is -0.108. The van der Waals surface area contributed by atoms with Crippen molar-refractivity contribution in [1.82, 2.24) is 4.98 Å². The highest BCUT2D eigenvalue weighted by Crippen LogP contribution is 2.05. The van der Waals surface area contributed by atoms with Crippen molar-refractivity contribution in [3.8, 4) is 6.07 Å². The number of hydrogen-bond donors (Lipinski definition) is 1. The third-order valence-corrected chi connectivity index (χ3v) is 1.35. The average Bonchev–Trinajstić information content (AvgIpc) is 2.05. The van der Waals surface area contributed by atoms with Gasteiger partial charge in [0.25, 0.3) is 0 Å². The molecule has 0 radical (unpaired) electrons. The summed E-state index contributed by atoms with van der Waals surface area (Å²) in [7, 11) is 0. The van der Waals surface area contributed by atoms with Crippen molar-refractivity contribution in [2.24, 2.45) is 5.73 Å². The quantitative estimate of drug-likeness (QED) is 0.643. The van der Waals surface area contributed by atoms with Crippen LogP contribution in [0.2, 0.25) is 0 Å². The maximum atomic E-state index is 8.49. The standard InChI is InChI=1S/C8H9N3/c1-6(10)8-4-2-3-7(5-9)11-8/h2-4,6H,10H2,1H3. The van der Waals surface area contributed by atoms with Crippen LogP contribution in [0.15, 0.2) is 18.2 Å². The van der Waals surface area contributed by atoms with E-state index in [1.165, 1.54) is 0 Å². The van der Waals surface area contributed by atoms with Gasteiger partial charge in [0.2, 0.25) is 0 Å². The average molecular weight is 147 g/mol. The predicted molar refractivity (Wildman–Crippen MR) is 41.6 cm³/mol. The molecule has 1 aromatic rings. The Kier molecular flexibility index (Phi) is 2.19. The van der Waals surface area contributed by atoms with Gasteiger partial charge in [0.1, 0.15) is 11.8 Å². The van der Waals surface area contributed by atoms with Crippen molar-refractivity contribution >= 4 is 0 Å². The third kappa shape index (κ3) is 1.76. The van der Waals surface area contributed by atoms with E-state index < -0.39 is 0 Å². The van der Waals surface area contributed by atoms with Gasteiger partial charge < -0.3 is 5.73 Å². The highest BCUT2D eigenvalue weighted by Gasteiger charge is 2.00. The first-order chi connectivity index (χ1) is 5.24. The number of nitrogens with zero attached hydrogens (tertiary/aromatic N) is 2. The first-order valence-corrected chi connectivity index (χ1v) is 3.36. The SMILES string of the molecule is CC(N)c1cccc(C#N)n1. The van der Waals surface area contributed by atoms with Crippen LogP contribution in [0.4, 0.5) is 0 Å². The molecule has 3 heteroatoms. The second-order valence-electron chi connectivity index (χ2n) is 2.35. The monoisotopic (exact) mass is 147 g/mol. The van der Waals surface area contributed by atoms with Crippen LogP contribution < -0.4 is 5.73 Å². The van der Waals surface area contributed by atoms with E-state index in [1.807, 2.05) is 19.1 Å². The fourth-order valence-electron chi connectivity index (χ4n) is 0.767. The summed E-state index contributed by atoms with van der Waals surface area (Å²) in [6.45, 7) is 1.84. The molecule has 0 fully saturated rings. The number of hydrogen-bond acceptors (Lipinski definition) is 3. The normalized spacial score (nSPS) is 12.1. The van der Waals surface area contributed by atoms with E-state index in [0.29, 0.717) is 5.69 Å². The molecule has 0 aliphatic rings. The molecule has 0 amide bonds. The molecule has 0 bridgehead atoms. The van der Waals surface area contributed by atoms with Crippen molar-refractivity contribution in [2.75, 3.05) is 0 Å². The van der Waals surface area contributed by atoms with Gasteiger partial charge >= 0.3 is 0 Å².